The van der Waals surface area contributed by atoms with Crippen molar-refractivity contribution in [3.8, 4) is 0 Å². The molecule has 0 aliphatic carbocycles. The van der Waals surface area contributed by atoms with Gasteiger partial charge in [-0.15, -0.1) is 24.0 Å². The minimum absolute atomic E-state index is 0. The molecule has 2 unspecified atom stereocenters. The molecule has 0 aromatic rings. The van der Waals surface area contributed by atoms with Crippen molar-refractivity contribution in [1.82, 2.24) is 24.9 Å². The molecular formula is C17H37IN6. The van der Waals surface area contributed by atoms with Gasteiger partial charge in [0, 0.05) is 58.4 Å². The highest BCUT2D eigenvalue weighted by Crippen LogP contribution is 2.15. The largest absolute Gasteiger partial charge is 0.355 e. The molecule has 24 heavy (non-hydrogen) atoms. The van der Waals surface area contributed by atoms with E-state index in [-0.39, 0.29) is 24.0 Å². The number of hydrogen-bond acceptors (Lipinski definition) is 4. The minimum Gasteiger partial charge on any atom is -0.355 e. The Morgan fingerprint density at radius 1 is 1.12 bits per heavy atom. The van der Waals surface area contributed by atoms with Crippen molar-refractivity contribution in [2.75, 3.05) is 73.5 Å². The highest BCUT2D eigenvalue weighted by molar-refractivity contribution is 14.0. The van der Waals surface area contributed by atoms with Crippen molar-refractivity contribution in [3.63, 3.8) is 0 Å². The number of piperazine rings is 1. The SMILES string of the molecule is CCN(CC)C1CCN(C(=NC)NCC2CN(C)CCN2C)C1.I. The third-order valence-electron chi connectivity index (χ3n) is 5.48. The van der Waals surface area contributed by atoms with E-state index >= 15 is 0 Å². The van der Waals surface area contributed by atoms with E-state index in [1.165, 1.54) is 13.0 Å². The molecule has 0 amide bonds. The van der Waals surface area contributed by atoms with E-state index in [1.54, 1.807) is 0 Å². The van der Waals surface area contributed by atoms with Gasteiger partial charge in [0.05, 0.1) is 0 Å². The van der Waals surface area contributed by atoms with Gasteiger partial charge in [0.2, 0.25) is 0 Å². The quantitative estimate of drug-likeness (QED) is 0.380. The Morgan fingerprint density at radius 3 is 2.46 bits per heavy atom. The fourth-order valence-corrected chi connectivity index (χ4v) is 3.84. The Labute approximate surface area is 165 Å². The number of halogens is 1. The molecule has 142 valence electrons. The summed E-state index contributed by atoms with van der Waals surface area (Å²) in [4.78, 5) is 14.4. The van der Waals surface area contributed by atoms with Crippen LogP contribution < -0.4 is 5.32 Å². The fraction of sp³-hybridized carbons (Fsp3) is 0.941. The fourth-order valence-electron chi connectivity index (χ4n) is 3.84. The van der Waals surface area contributed by atoms with E-state index in [9.17, 15) is 0 Å². The Bertz CT molecular complexity index is 387. The van der Waals surface area contributed by atoms with E-state index in [2.05, 4.69) is 57.9 Å². The van der Waals surface area contributed by atoms with Gasteiger partial charge in [-0.2, -0.15) is 0 Å². The highest BCUT2D eigenvalue weighted by Gasteiger charge is 2.29. The Hall–Kier alpha value is -0.120. The van der Waals surface area contributed by atoms with E-state index in [0.717, 1.165) is 51.8 Å². The number of guanidine groups is 1. The molecule has 2 aliphatic heterocycles. The monoisotopic (exact) mass is 452 g/mol. The molecule has 2 fully saturated rings. The first kappa shape index (κ1) is 21.9. The van der Waals surface area contributed by atoms with Crippen LogP contribution in [-0.4, -0.2) is 111 Å². The van der Waals surface area contributed by atoms with Crippen molar-refractivity contribution in [2.24, 2.45) is 4.99 Å². The van der Waals surface area contributed by atoms with Crippen LogP contribution in [0.25, 0.3) is 0 Å². The van der Waals surface area contributed by atoms with Crippen molar-refractivity contribution in [2.45, 2.75) is 32.4 Å². The van der Waals surface area contributed by atoms with Crippen molar-refractivity contribution >= 4 is 29.9 Å². The number of hydrogen-bond donors (Lipinski definition) is 1. The van der Waals surface area contributed by atoms with E-state index in [1.807, 2.05) is 7.05 Å². The van der Waals surface area contributed by atoms with Gasteiger partial charge in [-0.3, -0.25) is 14.8 Å². The van der Waals surface area contributed by atoms with Gasteiger partial charge in [0.15, 0.2) is 5.96 Å². The van der Waals surface area contributed by atoms with Gasteiger partial charge >= 0.3 is 0 Å². The molecule has 1 N–H and O–H groups in total. The molecule has 7 heteroatoms. The van der Waals surface area contributed by atoms with Crippen molar-refractivity contribution in [3.05, 3.63) is 0 Å². The molecule has 2 aliphatic rings. The van der Waals surface area contributed by atoms with E-state index in [0.29, 0.717) is 12.1 Å². The summed E-state index contributed by atoms with van der Waals surface area (Å²) in [5.74, 6) is 1.07. The predicted octanol–water partition coefficient (Wildman–Crippen LogP) is 0.842. The second-order valence-corrected chi connectivity index (χ2v) is 6.93. The molecule has 0 saturated carbocycles. The first-order chi connectivity index (χ1) is 11.1. The van der Waals surface area contributed by atoms with Gasteiger partial charge in [0.1, 0.15) is 0 Å². The number of nitrogens with zero attached hydrogens (tertiary/aromatic N) is 5. The Balaban J connectivity index is 0.00000288. The third kappa shape index (κ3) is 5.71. The maximum atomic E-state index is 4.52. The average Bonchev–Trinajstić information content (AvgIpc) is 3.02. The first-order valence-corrected chi connectivity index (χ1v) is 9.17. The van der Waals surface area contributed by atoms with Crippen molar-refractivity contribution in [1.29, 1.82) is 0 Å². The molecule has 2 heterocycles. The molecule has 0 spiro atoms. The second-order valence-electron chi connectivity index (χ2n) is 6.93. The summed E-state index contributed by atoms with van der Waals surface area (Å²) in [5, 5.41) is 3.62. The van der Waals surface area contributed by atoms with E-state index < -0.39 is 0 Å². The van der Waals surface area contributed by atoms with Crippen LogP contribution in [0.5, 0.6) is 0 Å². The molecule has 2 saturated heterocycles. The van der Waals surface area contributed by atoms with E-state index in [4.69, 9.17) is 0 Å². The summed E-state index contributed by atoms with van der Waals surface area (Å²) < 4.78 is 0. The molecule has 0 aromatic carbocycles. The highest BCUT2D eigenvalue weighted by atomic mass is 127. The van der Waals surface area contributed by atoms with Crippen LogP contribution >= 0.6 is 24.0 Å². The molecular weight excluding hydrogens is 415 g/mol. The van der Waals surface area contributed by atoms with Gasteiger partial charge in [-0.05, 0) is 33.6 Å². The third-order valence-corrected chi connectivity index (χ3v) is 5.48. The summed E-state index contributed by atoms with van der Waals surface area (Å²) in [6.07, 6.45) is 1.24. The smallest absolute Gasteiger partial charge is 0.193 e. The lowest BCUT2D eigenvalue weighted by atomic mass is 10.2. The molecule has 6 nitrogen and oxygen atoms in total. The van der Waals surface area contributed by atoms with Crippen LogP contribution in [0, 0.1) is 0 Å². The molecule has 2 rings (SSSR count). The molecule has 0 radical (unpaired) electrons. The topological polar surface area (TPSA) is 37.4 Å². The second kappa shape index (κ2) is 10.8. The van der Waals surface area contributed by atoms with Crippen LogP contribution in [0.4, 0.5) is 0 Å². The number of likely N-dealkylation sites (tertiary alicyclic amines) is 1. The summed E-state index contributed by atoms with van der Waals surface area (Å²) in [6, 6.07) is 1.23. The Kier molecular flexibility index (Phi) is 9.84. The molecule has 0 aromatic heterocycles. The number of nitrogens with one attached hydrogen (secondary N) is 1. The van der Waals surface area contributed by atoms with Gasteiger partial charge in [-0.1, -0.05) is 13.8 Å². The van der Waals surface area contributed by atoms with Crippen LogP contribution in [0.1, 0.15) is 20.3 Å². The van der Waals surface area contributed by atoms with Gasteiger partial charge in [0.25, 0.3) is 0 Å². The Morgan fingerprint density at radius 2 is 1.83 bits per heavy atom. The molecule has 0 bridgehead atoms. The van der Waals surface area contributed by atoms with Gasteiger partial charge in [-0.25, -0.2) is 0 Å². The first-order valence-electron chi connectivity index (χ1n) is 9.17. The molecule has 2 atom stereocenters. The summed E-state index contributed by atoms with van der Waals surface area (Å²) in [6.45, 7) is 13.4. The minimum atomic E-state index is 0. The maximum absolute atomic E-state index is 4.52. The average molecular weight is 452 g/mol. The number of rotatable bonds is 5. The summed E-state index contributed by atoms with van der Waals surface area (Å²) >= 11 is 0. The standard InChI is InChI=1S/C17H36N6.HI/c1-6-22(7-2)15-8-9-23(14-15)17(18-3)19-12-16-13-20(4)10-11-21(16)5;/h15-16H,6-14H2,1-5H3,(H,18,19);1H. The zero-order valence-electron chi connectivity index (χ0n) is 16.2. The lowest BCUT2D eigenvalue weighted by Crippen LogP contribution is -2.55. The van der Waals surface area contributed by atoms with Crippen LogP contribution in [0.15, 0.2) is 4.99 Å². The summed E-state index contributed by atoms with van der Waals surface area (Å²) in [5.41, 5.74) is 0. The van der Waals surface area contributed by atoms with Crippen LogP contribution in [-0.2, 0) is 0 Å². The van der Waals surface area contributed by atoms with Crippen LogP contribution in [0.3, 0.4) is 0 Å². The normalized spacial score (nSPS) is 26.8. The maximum Gasteiger partial charge on any atom is 0.193 e. The zero-order valence-corrected chi connectivity index (χ0v) is 18.5. The lowest BCUT2D eigenvalue weighted by molar-refractivity contribution is 0.116. The number of likely N-dealkylation sites (N-methyl/N-ethyl adjacent to an activating group) is 3. The summed E-state index contributed by atoms with van der Waals surface area (Å²) in [7, 11) is 6.35. The zero-order chi connectivity index (χ0) is 16.8. The van der Waals surface area contributed by atoms with Crippen LogP contribution in [0.2, 0.25) is 0 Å². The van der Waals surface area contributed by atoms with Gasteiger partial charge < -0.3 is 15.1 Å². The number of aliphatic imine (C=N–C) groups is 1. The lowest BCUT2D eigenvalue weighted by Gasteiger charge is -2.38. The van der Waals surface area contributed by atoms with Crippen molar-refractivity contribution < 1.29 is 0 Å². The predicted molar refractivity (Wildman–Crippen MR) is 114 cm³/mol.